The highest BCUT2D eigenvalue weighted by Gasteiger charge is 2.23. The van der Waals surface area contributed by atoms with E-state index in [1.54, 1.807) is 6.92 Å². The first-order valence-corrected chi connectivity index (χ1v) is 8.72. The summed E-state index contributed by atoms with van der Waals surface area (Å²) in [6.45, 7) is 3.18. The maximum absolute atomic E-state index is 12.0. The minimum atomic E-state index is -0.458. The van der Waals surface area contributed by atoms with Crippen molar-refractivity contribution in [1.29, 1.82) is 0 Å². The highest BCUT2D eigenvalue weighted by Crippen LogP contribution is 2.30. The van der Waals surface area contributed by atoms with Gasteiger partial charge in [0.25, 0.3) is 5.56 Å². The Morgan fingerprint density at radius 2 is 1.85 bits per heavy atom. The molecule has 3 aromatic rings. The molecular weight excluding hydrogens is 332 g/mol. The number of nitrogens with zero attached hydrogens (tertiary/aromatic N) is 2. The van der Waals surface area contributed by atoms with Crippen LogP contribution in [0.4, 0.5) is 0 Å². The van der Waals surface area contributed by atoms with Crippen molar-refractivity contribution < 1.29 is 4.79 Å². The minimum Gasteiger partial charge on any atom is -0.358 e. The van der Waals surface area contributed by atoms with E-state index < -0.39 is 11.2 Å². The van der Waals surface area contributed by atoms with Gasteiger partial charge < -0.3 is 9.88 Å². The van der Waals surface area contributed by atoms with E-state index in [1.807, 2.05) is 23.1 Å². The molecule has 2 N–H and O–H groups in total. The molecule has 1 aliphatic rings. The molecule has 1 amide bonds. The first-order chi connectivity index (χ1) is 12.5. The van der Waals surface area contributed by atoms with Crippen LogP contribution in [-0.4, -0.2) is 38.4 Å². The van der Waals surface area contributed by atoms with Gasteiger partial charge in [0, 0.05) is 49.4 Å². The standard InChI is InChI=1S/C19H20N4O3/c1-12(24)22-7-4-13(5-8-22)16-10-14-2-3-15(11-17(14)20-16)23-9-6-18(25)21-19(23)26/h2-3,6,9-11,13,20H,4-5,7-8H2,1H3,(H,21,25,26). The van der Waals surface area contributed by atoms with Crippen LogP contribution in [-0.2, 0) is 4.79 Å². The summed E-state index contributed by atoms with van der Waals surface area (Å²) in [5.41, 5.74) is 1.93. The Morgan fingerprint density at radius 1 is 1.08 bits per heavy atom. The molecule has 0 spiro atoms. The molecular formula is C19H20N4O3. The van der Waals surface area contributed by atoms with Crippen LogP contribution in [0.1, 0.15) is 31.4 Å². The van der Waals surface area contributed by atoms with Crippen LogP contribution >= 0.6 is 0 Å². The number of likely N-dealkylation sites (tertiary alicyclic amines) is 1. The lowest BCUT2D eigenvalue weighted by Crippen LogP contribution is -2.36. The zero-order valence-electron chi connectivity index (χ0n) is 14.5. The van der Waals surface area contributed by atoms with E-state index in [2.05, 4.69) is 16.0 Å². The number of amides is 1. The predicted molar refractivity (Wildman–Crippen MR) is 98.7 cm³/mol. The molecule has 134 valence electrons. The molecule has 3 heterocycles. The number of H-pyrrole nitrogens is 2. The van der Waals surface area contributed by atoms with E-state index in [1.165, 1.54) is 16.8 Å². The van der Waals surface area contributed by atoms with Crippen molar-refractivity contribution in [3.63, 3.8) is 0 Å². The van der Waals surface area contributed by atoms with Gasteiger partial charge in [-0.25, -0.2) is 4.79 Å². The number of carbonyl (C=O) groups is 1. The van der Waals surface area contributed by atoms with E-state index in [0.717, 1.165) is 42.5 Å². The topological polar surface area (TPSA) is 91.0 Å². The van der Waals surface area contributed by atoms with Gasteiger partial charge in [-0.3, -0.25) is 19.1 Å². The molecule has 0 aliphatic carbocycles. The van der Waals surface area contributed by atoms with Crippen molar-refractivity contribution in [1.82, 2.24) is 19.4 Å². The molecule has 2 aromatic heterocycles. The molecule has 1 aromatic carbocycles. The summed E-state index contributed by atoms with van der Waals surface area (Å²) in [6, 6.07) is 9.20. The van der Waals surface area contributed by atoms with Crippen LogP contribution in [0.25, 0.3) is 16.6 Å². The number of benzene rings is 1. The number of nitrogens with one attached hydrogen (secondary N) is 2. The first kappa shape index (κ1) is 16.4. The molecule has 0 bridgehead atoms. The number of hydrogen-bond acceptors (Lipinski definition) is 3. The molecule has 7 heteroatoms. The average Bonchev–Trinajstić information content (AvgIpc) is 3.05. The highest BCUT2D eigenvalue weighted by molar-refractivity contribution is 5.82. The summed E-state index contributed by atoms with van der Waals surface area (Å²) in [7, 11) is 0. The average molecular weight is 352 g/mol. The lowest BCUT2D eigenvalue weighted by molar-refractivity contribution is -0.129. The smallest absolute Gasteiger partial charge is 0.332 e. The molecule has 1 fully saturated rings. The Kier molecular flexibility index (Phi) is 3.99. The Morgan fingerprint density at radius 3 is 2.54 bits per heavy atom. The summed E-state index contributed by atoms with van der Waals surface area (Å²) in [5.74, 6) is 0.535. The minimum absolute atomic E-state index is 0.135. The van der Waals surface area contributed by atoms with E-state index in [9.17, 15) is 14.4 Å². The molecule has 0 atom stereocenters. The number of piperidine rings is 1. The van der Waals surface area contributed by atoms with Crippen LogP contribution in [0.2, 0.25) is 0 Å². The molecule has 26 heavy (non-hydrogen) atoms. The second-order valence-corrected chi connectivity index (χ2v) is 6.76. The normalized spacial score (nSPS) is 15.5. The van der Waals surface area contributed by atoms with Gasteiger partial charge in [-0.15, -0.1) is 0 Å². The fraction of sp³-hybridized carbons (Fsp3) is 0.316. The lowest BCUT2D eigenvalue weighted by atomic mass is 9.93. The number of hydrogen-bond donors (Lipinski definition) is 2. The monoisotopic (exact) mass is 352 g/mol. The van der Waals surface area contributed by atoms with Gasteiger partial charge in [0.05, 0.1) is 5.69 Å². The fourth-order valence-electron chi connectivity index (χ4n) is 3.63. The largest absolute Gasteiger partial charge is 0.358 e. The Bertz CT molecular complexity index is 1080. The van der Waals surface area contributed by atoms with Gasteiger partial charge in [0.15, 0.2) is 0 Å². The van der Waals surface area contributed by atoms with Crippen molar-refractivity contribution in [3.05, 3.63) is 63.1 Å². The molecule has 0 radical (unpaired) electrons. The van der Waals surface area contributed by atoms with Crippen molar-refractivity contribution in [2.24, 2.45) is 0 Å². The summed E-state index contributed by atoms with van der Waals surface area (Å²) < 4.78 is 1.41. The molecule has 0 unspecified atom stereocenters. The Labute approximate surface area is 149 Å². The number of rotatable bonds is 2. The zero-order chi connectivity index (χ0) is 18.3. The quantitative estimate of drug-likeness (QED) is 0.736. The Balaban J connectivity index is 1.63. The third kappa shape index (κ3) is 2.96. The zero-order valence-corrected chi connectivity index (χ0v) is 14.5. The van der Waals surface area contributed by atoms with Crippen LogP contribution in [0.5, 0.6) is 0 Å². The lowest BCUT2D eigenvalue weighted by Gasteiger charge is -2.30. The van der Waals surface area contributed by atoms with E-state index in [0.29, 0.717) is 11.6 Å². The van der Waals surface area contributed by atoms with Crippen molar-refractivity contribution in [2.75, 3.05) is 13.1 Å². The first-order valence-electron chi connectivity index (χ1n) is 8.72. The molecule has 1 saturated heterocycles. The van der Waals surface area contributed by atoms with Crippen molar-refractivity contribution in [2.45, 2.75) is 25.7 Å². The second-order valence-electron chi connectivity index (χ2n) is 6.76. The van der Waals surface area contributed by atoms with Crippen LogP contribution in [0.15, 0.2) is 46.1 Å². The SMILES string of the molecule is CC(=O)N1CCC(c2cc3ccc(-n4ccc(=O)[nH]c4=O)cc3[nH]2)CC1. The maximum atomic E-state index is 12.0. The highest BCUT2D eigenvalue weighted by atomic mass is 16.2. The van der Waals surface area contributed by atoms with Crippen LogP contribution < -0.4 is 11.2 Å². The van der Waals surface area contributed by atoms with Crippen LogP contribution in [0, 0.1) is 0 Å². The number of aromatic nitrogens is 3. The predicted octanol–water partition coefficient (Wildman–Crippen LogP) is 1.73. The molecule has 0 saturated carbocycles. The molecule has 1 aliphatic heterocycles. The number of fused-ring (bicyclic) bond motifs is 1. The van der Waals surface area contributed by atoms with E-state index in [4.69, 9.17) is 0 Å². The van der Waals surface area contributed by atoms with Gasteiger partial charge in [-0.2, -0.15) is 0 Å². The van der Waals surface area contributed by atoms with Gasteiger partial charge in [0.2, 0.25) is 5.91 Å². The summed E-state index contributed by atoms with van der Waals surface area (Å²) in [5, 5.41) is 1.08. The summed E-state index contributed by atoms with van der Waals surface area (Å²) >= 11 is 0. The van der Waals surface area contributed by atoms with Gasteiger partial charge in [-0.1, -0.05) is 6.07 Å². The third-order valence-corrected chi connectivity index (χ3v) is 5.11. The third-order valence-electron chi connectivity index (χ3n) is 5.11. The summed E-state index contributed by atoms with van der Waals surface area (Å²) in [6.07, 6.45) is 3.36. The van der Waals surface area contributed by atoms with E-state index in [-0.39, 0.29) is 5.91 Å². The van der Waals surface area contributed by atoms with Crippen molar-refractivity contribution >= 4 is 16.8 Å². The number of aromatic amines is 2. The van der Waals surface area contributed by atoms with Gasteiger partial charge >= 0.3 is 5.69 Å². The molecule has 7 nitrogen and oxygen atoms in total. The fourth-order valence-corrected chi connectivity index (χ4v) is 3.63. The van der Waals surface area contributed by atoms with E-state index >= 15 is 0 Å². The van der Waals surface area contributed by atoms with Crippen molar-refractivity contribution in [3.8, 4) is 5.69 Å². The van der Waals surface area contributed by atoms with Crippen LogP contribution in [0.3, 0.4) is 0 Å². The maximum Gasteiger partial charge on any atom is 0.332 e. The van der Waals surface area contributed by atoms with Gasteiger partial charge in [-0.05, 0) is 36.4 Å². The molecule has 4 rings (SSSR count). The summed E-state index contributed by atoms with van der Waals surface area (Å²) in [4.78, 5) is 42.3. The number of carbonyl (C=O) groups excluding carboxylic acids is 1. The van der Waals surface area contributed by atoms with Gasteiger partial charge in [0.1, 0.15) is 0 Å². The second kappa shape index (κ2) is 6.33. The Hall–Kier alpha value is -3.09.